The summed E-state index contributed by atoms with van der Waals surface area (Å²) < 4.78 is 0. The van der Waals surface area contributed by atoms with Crippen LogP contribution in [0.25, 0.3) is 0 Å². The van der Waals surface area contributed by atoms with Crippen LogP contribution in [-0.4, -0.2) is 5.78 Å². The van der Waals surface area contributed by atoms with Crippen molar-refractivity contribution in [1.82, 2.24) is 0 Å². The summed E-state index contributed by atoms with van der Waals surface area (Å²) in [4.78, 5) is 10.7. The minimum atomic E-state index is -0.107. The topological polar surface area (TPSA) is 17.1 Å². The van der Waals surface area contributed by atoms with Gasteiger partial charge in [-0.15, -0.1) is 0 Å². The molecule has 0 aromatic carbocycles. The minimum absolute atomic E-state index is 0.107. The van der Waals surface area contributed by atoms with E-state index in [1.54, 1.807) is 12.2 Å². The van der Waals surface area contributed by atoms with Gasteiger partial charge in [-0.25, -0.2) is 0 Å². The van der Waals surface area contributed by atoms with Crippen LogP contribution < -0.4 is 0 Å². The first-order chi connectivity index (χ1) is 4.22. The van der Waals surface area contributed by atoms with Crippen molar-refractivity contribution in [2.24, 2.45) is 0 Å². The van der Waals surface area contributed by atoms with Gasteiger partial charge >= 0.3 is 0 Å². The third kappa shape index (κ3) is 1.35. The number of hydrogen-bond acceptors (Lipinski definition) is 1. The zero-order valence-electron chi connectivity index (χ0n) is 4.53. The third-order valence-corrected chi connectivity index (χ3v) is 1.85. The Bertz CT molecular complexity index is 203. The highest BCUT2D eigenvalue weighted by Crippen LogP contribution is 2.21. The molecule has 0 saturated heterocycles. The zero-order valence-corrected chi connectivity index (χ0v) is 6.04. The molecule has 0 spiro atoms. The standard InChI is InChI=1S/C6H4Cl2O/c7-4-2-1-3-5(9)6(4)8/h1-2H,3H2. The van der Waals surface area contributed by atoms with Crippen LogP contribution in [0.5, 0.6) is 0 Å². The first kappa shape index (κ1) is 6.84. The highest BCUT2D eigenvalue weighted by Gasteiger charge is 2.11. The third-order valence-electron chi connectivity index (χ3n) is 1.02. The molecule has 48 valence electrons. The SMILES string of the molecule is O=C1CC=CC(Cl)=C1Cl. The van der Waals surface area contributed by atoms with Crippen molar-refractivity contribution in [3.8, 4) is 0 Å². The van der Waals surface area contributed by atoms with Crippen molar-refractivity contribution in [3.63, 3.8) is 0 Å². The number of ketones is 1. The van der Waals surface area contributed by atoms with Crippen molar-refractivity contribution in [3.05, 3.63) is 22.2 Å². The molecule has 0 heterocycles. The number of Topliss-reactive ketones (excluding diaryl/α,β-unsaturated/α-hetero) is 1. The van der Waals surface area contributed by atoms with E-state index in [0.29, 0.717) is 11.5 Å². The minimum Gasteiger partial charge on any atom is -0.293 e. The maximum Gasteiger partial charge on any atom is 0.179 e. The summed E-state index contributed by atoms with van der Waals surface area (Å²) in [5, 5.41) is 0.493. The van der Waals surface area contributed by atoms with E-state index in [0.717, 1.165) is 0 Å². The molecule has 0 bridgehead atoms. The molecule has 3 heteroatoms. The quantitative estimate of drug-likeness (QED) is 0.534. The summed E-state index contributed by atoms with van der Waals surface area (Å²) in [5.74, 6) is -0.107. The molecule has 1 aliphatic carbocycles. The average molecular weight is 163 g/mol. The van der Waals surface area contributed by atoms with Gasteiger partial charge in [-0.1, -0.05) is 29.3 Å². The van der Waals surface area contributed by atoms with Gasteiger partial charge in [-0.3, -0.25) is 4.79 Å². The van der Waals surface area contributed by atoms with Crippen LogP contribution in [0, 0.1) is 0 Å². The van der Waals surface area contributed by atoms with E-state index in [9.17, 15) is 4.79 Å². The molecule has 0 N–H and O–H groups in total. The molecule has 0 unspecified atom stereocenters. The summed E-state index contributed by atoms with van der Waals surface area (Å²) in [7, 11) is 0. The van der Waals surface area contributed by atoms with E-state index in [1.165, 1.54) is 0 Å². The number of carbonyl (C=O) groups excluding carboxylic acids is 1. The first-order valence-electron chi connectivity index (χ1n) is 2.47. The van der Waals surface area contributed by atoms with Gasteiger partial charge in [0.05, 0.1) is 5.03 Å². The van der Waals surface area contributed by atoms with E-state index in [4.69, 9.17) is 23.2 Å². The van der Waals surface area contributed by atoms with Gasteiger partial charge < -0.3 is 0 Å². The number of halogens is 2. The molecule has 0 saturated carbocycles. The lowest BCUT2D eigenvalue weighted by Crippen LogP contribution is -1.99. The van der Waals surface area contributed by atoms with Crippen LogP contribution >= 0.6 is 23.2 Å². The van der Waals surface area contributed by atoms with Gasteiger partial charge in [0, 0.05) is 6.42 Å². The largest absolute Gasteiger partial charge is 0.293 e. The van der Waals surface area contributed by atoms with E-state index < -0.39 is 0 Å². The van der Waals surface area contributed by atoms with E-state index in [-0.39, 0.29) is 10.8 Å². The number of allylic oxidation sites excluding steroid dienone is 4. The van der Waals surface area contributed by atoms with Crippen molar-refractivity contribution in [2.75, 3.05) is 0 Å². The molecule has 0 fully saturated rings. The second-order valence-corrected chi connectivity index (χ2v) is 2.48. The van der Waals surface area contributed by atoms with Crippen molar-refractivity contribution < 1.29 is 4.79 Å². The van der Waals surface area contributed by atoms with E-state index in [2.05, 4.69) is 0 Å². The van der Waals surface area contributed by atoms with Crippen LogP contribution in [-0.2, 0) is 4.79 Å². The monoisotopic (exact) mass is 162 g/mol. The normalized spacial score (nSPS) is 19.1. The van der Waals surface area contributed by atoms with Gasteiger partial charge in [0.25, 0.3) is 0 Å². The number of rotatable bonds is 0. The van der Waals surface area contributed by atoms with Gasteiger partial charge in [-0.2, -0.15) is 0 Å². The fourth-order valence-corrected chi connectivity index (χ4v) is 0.900. The Morgan fingerprint density at radius 1 is 1.44 bits per heavy atom. The van der Waals surface area contributed by atoms with Crippen LogP contribution in [0.4, 0.5) is 0 Å². The summed E-state index contributed by atoms with van der Waals surface area (Å²) in [6.45, 7) is 0. The Morgan fingerprint density at radius 3 is 2.56 bits per heavy atom. The fourth-order valence-electron chi connectivity index (χ4n) is 0.565. The van der Waals surface area contributed by atoms with E-state index in [1.807, 2.05) is 0 Å². The van der Waals surface area contributed by atoms with Crippen LogP contribution in [0.2, 0.25) is 0 Å². The molecule has 9 heavy (non-hydrogen) atoms. The lowest BCUT2D eigenvalue weighted by Gasteiger charge is -2.01. The Balaban J connectivity index is 2.97. The molecule has 1 rings (SSSR count). The second-order valence-electron chi connectivity index (χ2n) is 1.69. The van der Waals surface area contributed by atoms with Crippen molar-refractivity contribution in [1.29, 1.82) is 0 Å². The number of carbonyl (C=O) groups is 1. The Labute approximate surface area is 62.9 Å². The zero-order chi connectivity index (χ0) is 6.85. The molecule has 0 radical (unpaired) electrons. The maximum atomic E-state index is 10.7. The molecule has 1 aliphatic rings. The molecular formula is C6H4Cl2O. The smallest absolute Gasteiger partial charge is 0.179 e. The average Bonchev–Trinajstić information content (AvgIpc) is 1.83. The lowest BCUT2D eigenvalue weighted by molar-refractivity contribution is -0.114. The Morgan fingerprint density at radius 2 is 2.11 bits per heavy atom. The molecule has 0 aromatic heterocycles. The summed E-state index contributed by atoms with van der Waals surface area (Å²) in [6.07, 6.45) is 3.69. The molecule has 0 atom stereocenters. The molecule has 0 aliphatic heterocycles. The molecule has 1 nitrogen and oxygen atoms in total. The highest BCUT2D eigenvalue weighted by molar-refractivity contribution is 6.49. The van der Waals surface area contributed by atoms with Crippen LogP contribution in [0.3, 0.4) is 0 Å². The maximum absolute atomic E-state index is 10.7. The molecule has 0 amide bonds. The van der Waals surface area contributed by atoms with Gasteiger partial charge in [0.15, 0.2) is 5.78 Å². The first-order valence-corrected chi connectivity index (χ1v) is 3.22. The molecule has 0 aromatic rings. The predicted molar refractivity (Wildman–Crippen MR) is 37.5 cm³/mol. The lowest BCUT2D eigenvalue weighted by atomic mass is 10.2. The summed E-state index contributed by atoms with van der Waals surface area (Å²) in [5.41, 5.74) is 0. The van der Waals surface area contributed by atoms with Gasteiger partial charge in [0.1, 0.15) is 5.03 Å². The fraction of sp³-hybridized carbons (Fsp3) is 0.167. The van der Waals surface area contributed by atoms with Crippen LogP contribution in [0.1, 0.15) is 6.42 Å². The highest BCUT2D eigenvalue weighted by atomic mass is 35.5. The van der Waals surface area contributed by atoms with Crippen molar-refractivity contribution in [2.45, 2.75) is 6.42 Å². The second kappa shape index (κ2) is 2.54. The predicted octanol–water partition coefficient (Wildman–Crippen LogP) is 2.20. The number of hydrogen-bond donors (Lipinski definition) is 0. The van der Waals surface area contributed by atoms with E-state index >= 15 is 0 Å². The Kier molecular flexibility index (Phi) is 1.94. The van der Waals surface area contributed by atoms with Gasteiger partial charge in [0.2, 0.25) is 0 Å². The summed E-state index contributed by atoms with van der Waals surface area (Å²) in [6, 6.07) is 0. The van der Waals surface area contributed by atoms with Crippen LogP contribution in [0.15, 0.2) is 22.2 Å². The van der Waals surface area contributed by atoms with Gasteiger partial charge in [-0.05, 0) is 6.08 Å². The molecular weight excluding hydrogens is 159 g/mol. The summed E-state index contributed by atoms with van der Waals surface area (Å²) >= 11 is 11.0. The van der Waals surface area contributed by atoms with Crippen molar-refractivity contribution >= 4 is 29.0 Å². The Hall–Kier alpha value is -0.270.